The molecule has 2 aromatic carbocycles. The number of anilines is 4. The summed E-state index contributed by atoms with van der Waals surface area (Å²) >= 11 is 0. The molecule has 7 heteroatoms. The molecule has 0 aliphatic heterocycles. The van der Waals surface area contributed by atoms with Gasteiger partial charge in [-0.05, 0) is 36.2 Å². The Morgan fingerprint density at radius 2 is 1.77 bits per heavy atom. The molecule has 0 aliphatic carbocycles. The smallest absolute Gasteiger partial charge is 0.252 e. The van der Waals surface area contributed by atoms with E-state index in [-0.39, 0.29) is 0 Å². The van der Waals surface area contributed by atoms with Crippen LogP contribution in [0.1, 0.15) is 28.8 Å². The van der Waals surface area contributed by atoms with Crippen molar-refractivity contribution < 1.29 is 4.79 Å². The van der Waals surface area contributed by atoms with Gasteiger partial charge in [-0.15, -0.1) is 0 Å². The highest BCUT2D eigenvalue weighted by atomic mass is 16.1. The molecule has 0 saturated heterocycles. The number of aromatic nitrogens is 1. The number of carbonyl (C=O) groups is 1. The summed E-state index contributed by atoms with van der Waals surface area (Å²) in [7, 11) is 0. The predicted molar refractivity (Wildman–Crippen MR) is 120 cm³/mol. The molecule has 0 unspecified atom stereocenters. The first kappa shape index (κ1) is 20.7. The zero-order chi connectivity index (χ0) is 21.2. The van der Waals surface area contributed by atoms with Crippen LogP contribution in [0.5, 0.6) is 0 Å². The normalized spacial score (nSPS) is 10.1. The van der Waals surface area contributed by atoms with Gasteiger partial charge in [0.25, 0.3) is 5.91 Å². The number of hydrogen-bond acceptors (Lipinski definition) is 6. The van der Waals surface area contributed by atoms with Gasteiger partial charge in [-0.3, -0.25) is 4.79 Å². The topological polar surface area (TPSA) is 116 Å². The van der Waals surface area contributed by atoms with E-state index in [0.29, 0.717) is 30.0 Å². The number of nitriles is 1. The van der Waals surface area contributed by atoms with Crippen molar-refractivity contribution in [3.63, 3.8) is 0 Å². The van der Waals surface area contributed by atoms with E-state index in [9.17, 15) is 4.79 Å². The molecular formula is C23H24N6O. The van der Waals surface area contributed by atoms with Crippen molar-refractivity contribution in [1.29, 1.82) is 5.26 Å². The monoisotopic (exact) mass is 400 g/mol. The lowest BCUT2D eigenvalue weighted by molar-refractivity contribution is 0.100. The van der Waals surface area contributed by atoms with Gasteiger partial charge in [-0.2, -0.15) is 5.26 Å². The summed E-state index contributed by atoms with van der Waals surface area (Å²) in [6.45, 7) is 1.32. The van der Waals surface area contributed by atoms with Crippen LogP contribution in [0.3, 0.4) is 0 Å². The SMILES string of the molecule is N#CCCCNc1ccc(Nc2cc(NCc3ccccc3)c(C(N)=O)cn2)cc1. The summed E-state index contributed by atoms with van der Waals surface area (Å²) in [6, 6.07) is 21.6. The first-order valence-electron chi connectivity index (χ1n) is 9.71. The second-order valence-electron chi connectivity index (χ2n) is 6.71. The second-order valence-corrected chi connectivity index (χ2v) is 6.71. The van der Waals surface area contributed by atoms with Gasteiger partial charge in [-0.1, -0.05) is 30.3 Å². The molecule has 0 aliphatic rings. The number of hydrogen-bond donors (Lipinski definition) is 4. The fraction of sp³-hybridized carbons (Fsp3) is 0.174. The number of unbranched alkanes of at least 4 members (excludes halogenated alkanes) is 1. The molecule has 1 aromatic heterocycles. The summed E-state index contributed by atoms with van der Waals surface area (Å²) in [4.78, 5) is 16.1. The average Bonchev–Trinajstić information content (AvgIpc) is 2.77. The summed E-state index contributed by atoms with van der Waals surface area (Å²) in [5.41, 5.74) is 9.41. The highest BCUT2D eigenvalue weighted by Gasteiger charge is 2.10. The fourth-order valence-corrected chi connectivity index (χ4v) is 2.88. The van der Waals surface area contributed by atoms with Gasteiger partial charge in [0.2, 0.25) is 0 Å². The van der Waals surface area contributed by atoms with E-state index in [4.69, 9.17) is 11.0 Å². The minimum absolute atomic E-state index is 0.341. The van der Waals surface area contributed by atoms with Gasteiger partial charge in [0.1, 0.15) is 5.82 Å². The van der Waals surface area contributed by atoms with Gasteiger partial charge < -0.3 is 21.7 Å². The molecule has 1 heterocycles. The molecule has 0 saturated carbocycles. The predicted octanol–water partition coefficient (Wildman–Crippen LogP) is 4.25. The van der Waals surface area contributed by atoms with Crippen LogP contribution in [0.2, 0.25) is 0 Å². The fourth-order valence-electron chi connectivity index (χ4n) is 2.88. The van der Waals surface area contributed by atoms with Crippen molar-refractivity contribution in [2.45, 2.75) is 19.4 Å². The van der Waals surface area contributed by atoms with Crippen molar-refractivity contribution in [2.75, 3.05) is 22.5 Å². The van der Waals surface area contributed by atoms with Crippen molar-refractivity contribution in [1.82, 2.24) is 4.98 Å². The molecule has 30 heavy (non-hydrogen) atoms. The molecule has 152 valence electrons. The number of carbonyl (C=O) groups excluding carboxylic acids is 1. The van der Waals surface area contributed by atoms with Gasteiger partial charge in [-0.25, -0.2) is 4.98 Å². The quantitative estimate of drug-likeness (QED) is 0.378. The number of rotatable bonds is 10. The Balaban J connectivity index is 1.67. The van der Waals surface area contributed by atoms with Crippen LogP contribution >= 0.6 is 0 Å². The minimum Gasteiger partial charge on any atom is -0.385 e. The van der Waals surface area contributed by atoms with Crippen molar-refractivity contribution in [3.8, 4) is 6.07 Å². The first-order valence-corrected chi connectivity index (χ1v) is 9.71. The molecule has 0 atom stereocenters. The number of amides is 1. The highest BCUT2D eigenvalue weighted by molar-refractivity contribution is 5.98. The molecule has 5 N–H and O–H groups in total. The van der Waals surface area contributed by atoms with Crippen LogP contribution in [0.15, 0.2) is 66.9 Å². The summed E-state index contributed by atoms with van der Waals surface area (Å²) in [5.74, 6) is 0.0710. The lowest BCUT2D eigenvalue weighted by Crippen LogP contribution is -2.15. The maximum Gasteiger partial charge on any atom is 0.252 e. The van der Waals surface area contributed by atoms with Gasteiger partial charge >= 0.3 is 0 Å². The number of nitrogens with zero attached hydrogens (tertiary/aromatic N) is 2. The Kier molecular flexibility index (Phi) is 7.23. The molecular weight excluding hydrogens is 376 g/mol. The van der Waals surface area contributed by atoms with Crippen LogP contribution in [0.4, 0.5) is 22.9 Å². The molecule has 0 radical (unpaired) electrons. The average molecular weight is 400 g/mol. The zero-order valence-corrected chi connectivity index (χ0v) is 16.6. The van der Waals surface area contributed by atoms with Crippen molar-refractivity contribution in [2.24, 2.45) is 5.73 Å². The second kappa shape index (κ2) is 10.5. The third-order valence-electron chi connectivity index (χ3n) is 4.45. The van der Waals surface area contributed by atoms with Crippen LogP contribution < -0.4 is 21.7 Å². The Morgan fingerprint density at radius 3 is 2.47 bits per heavy atom. The Labute approximate surface area is 175 Å². The number of pyridine rings is 1. The number of benzene rings is 2. The van der Waals surface area contributed by atoms with E-state index in [1.165, 1.54) is 6.20 Å². The number of primary amides is 1. The molecule has 7 nitrogen and oxygen atoms in total. The van der Waals surface area contributed by atoms with Crippen LogP contribution in [0.25, 0.3) is 0 Å². The van der Waals surface area contributed by atoms with Gasteiger partial charge in [0.05, 0.1) is 17.3 Å². The number of nitrogens with two attached hydrogens (primary N) is 1. The van der Waals surface area contributed by atoms with E-state index < -0.39 is 5.91 Å². The van der Waals surface area contributed by atoms with E-state index in [1.807, 2.05) is 54.6 Å². The van der Waals surface area contributed by atoms with Crippen molar-refractivity contribution >= 4 is 28.8 Å². The van der Waals surface area contributed by atoms with E-state index in [2.05, 4.69) is 27.0 Å². The number of nitrogens with one attached hydrogen (secondary N) is 3. The summed E-state index contributed by atoms with van der Waals surface area (Å²) in [6.07, 6.45) is 2.83. The van der Waals surface area contributed by atoms with Crippen LogP contribution in [-0.2, 0) is 6.54 Å². The molecule has 0 spiro atoms. The molecule has 0 fully saturated rings. The largest absolute Gasteiger partial charge is 0.385 e. The minimum atomic E-state index is -0.531. The van der Waals surface area contributed by atoms with Gasteiger partial charge in [0, 0.05) is 43.1 Å². The Hall–Kier alpha value is -4.05. The molecule has 3 rings (SSSR count). The molecule has 0 bridgehead atoms. The van der Waals surface area contributed by atoms with E-state index >= 15 is 0 Å². The third-order valence-corrected chi connectivity index (χ3v) is 4.45. The first-order chi connectivity index (χ1) is 14.7. The molecule has 1 amide bonds. The lowest BCUT2D eigenvalue weighted by atomic mass is 10.2. The zero-order valence-electron chi connectivity index (χ0n) is 16.6. The Morgan fingerprint density at radius 1 is 1.03 bits per heavy atom. The highest BCUT2D eigenvalue weighted by Crippen LogP contribution is 2.23. The van der Waals surface area contributed by atoms with Crippen LogP contribution in [0, 0.1) is 11.3 Å². The van der Waals surface area contributed by atoms with Crippen molar-refractivity contribution in [3.05, 3.63) is 78.0 Å². The van der Waals surface area contributed by atoms with E-state index in [0.717, 1.165) is 29.9 Å². The summed E-state index contributed by atoms with van der Waals surface area (Å²) < 4.78 is 0. The van der Waals surface area contributed by atoms with Crippen LogP contribution in [-0.4, -0.2) is 17.4 Å². The maximum atomic E-state index is 11.8. The summed E-state index contributed by atoms with van der Waals surface area (Å²) in [5, 5.41) is 18.4. The molecule has 3 aromatic rings. The maximum absolute atomic E-state index is 11.8. The third kappa shape index (κ3) is 5.97. The Bertz CT molecular complexity index is 1010. The van der Waals surface area contributed by atoms with Gasteiger partial charge in [0.15, 0.2) is 0 Å². The van der Waals surface area contributed by atoms with E-state index in [1.54, 1.807) is 6.07 Å². The standard InChI is InChI=1S/C23H24N6O/c24-12-4-5-13-26-18-8-10-19(11-9-18)29-22-14-21(20(16-28-22)23(25)30)27-15-17-6-2-1-3-7-17/h1-3,6-11,14,16,26H,4-5,13,15H2,(H2,25,30)(H2,27,28,29). The lowest BCUT2D eigenvalue weighted by Gasteiger charge is -2.13.